The van der Waals surface area contributed by atoms with Gasteiger partial charge in [0.15, 0.2) is 5.78 Å². The van der Waals surface area contributed by atoms with Crippen molar-refractivity contribution in [3.05, 3.63) is 67.3 Å². The summed E-state index contributed by atoms with van der Waals surface area (Å²) in [6, 6.07) is 2.58. The summed E-state index contributed by atoms with van der Waals surface area (Å²) in [5, 5.41) is 25.9. The number of hydrogen-bond donors (Lipinski definition) is 0. The van der Waals surface area contributed by atoms with Crippen molar-refractivity contribution >= 4 is 28.8 Å². The summed E-state index contributed by atoms with van der Waals surface area (Å²) < 4.78 is 0. The Morgan fingerprint density at radius 3 is 1.87 bits per heavy atom. The number of hydrogen-bond acceptors (Lipinski definition) is 8. The van der Waals surface area contributed by atoms with E-state index < -0.39 is 43.6 Å². The number of allylic oxidation sites excluding steroid dienone is 4. The Labute approximate surface area is 178 Å². The average Bonchev–Trinajstić information content (AvgIpc) is 2.64. The van der Waals surface area contributed by atoms with Gasteiger partial charge in [-0.15, -0.1) is 0 Å². The van der Waals surface area contributed by atoms with Gasteiger partial charge in [0.1, 0.15) is 11.3 Å². The minimum absolute atomic E-state index is 0.128. The van der Waals surface area contributed by atoms with E-state index in [1.807, 2.05) is 41.5 Å². The molecule has 1 aliphatic rings. The van der Waals surface area contributed by atoms with Crippen LogP contribution in [0.3, 0.4) is 0 Å². The normalized spacial score (nSPS) is 14.5. The van der Waals surface area contributed by atoms with E-state index in [0.717, 1.165) is 12.1 Å². The summed E-state index contributed by atoms with van der Waals surface area (Å²) in [5.41, 5.74) is -1.61. The number of oxime groups is 1. The van der Waals surface area contributed by atoms with Crippen LogP contribution in [0.1, 0.15) is 51.9 Å². The molecule has 31 heavy (non-hydrogen) atoms. The monoisotopic (exact) mass is 429 g/mol. The van der Waals surface area contributed by atoms with Crippen LogP contribution in [0.25, 0.3) is 0 Å². The highest BCUT2D eigenvalue weighted by Crippen LogP contribution is 2.37. The fraction of sp³-hybridized carbons (Fsp3) is 0.381. The third kappa shape index (κ3) is 5.27. The SMILES string of the molecule is CC(C)(C)C1=CC(=NOC(=O)c2ccc([N+](=O)[O-])cc2[N+](=O)[O-])C=C(C(C)(C)C)C1=O. The molecule has 0 bridgehead atoms. The van der Waals surface area contributed by atoms with Crippen LogP contribution in [-0.4, -0.2) is 27.3 Å². The smallest absolute Gasteiger partial charge is 0.312 e. The fourth-order valence-electron chi connectivity index (χ4n) is 2.88. The van der Waals surface area contributed by atoms with Crippen molar-refractivity contribution in [3.63, 3.8) is 0 Å². The Hall–Kier alpha value is -3.69. The Kier molecular flexibility index (Phi) is 6.25. The van der Waals surface area contributed by atoms with Crippen LogP contribution >= 0.6 is 0 Å². The van der Waals surface area contributed by atoms with Gasteiger partial charge in [-0.25, -0.2) is 4.79 Å². The maximum atomic E-state index is 12.9. The highest BCUT2D eigenvalue weighted by atomic mass is 16.7. The van der Waals surface area contributed by atoms with E-state index in [1.165, 1.54) is 12.2 Å². The molecule has 2 rings (SSSR count). The van der Waals surface area contributed by atoms with Crippen molar-refractivity contribution in [3.8, 4) is 0 Å². The van der Waals surface area contributed by atoms with Gasteiger partial charge in [0.05, 0.1) is 15.9 Å². The van der Waals surface area contributed by atoms with Gasteiger partial charge in [0.25, 0.3) is 11.4 Å². The second-order valence-electron chi connectivity index (χ2n) is 9.06. The summed E-state index contributed by atoms with van der Waals surface area (Å²) in [6.07, 6.45) is 3.02. The molecule has 0 saturated carbocycles. The van der Waals surface area contributed by atoms with Crippen LogP contribution < -0.4 is 0 Å². The summed E-state index contributed by atoms with van der Waals surface area (Å²) in [5.74, 6) is -1.28. The zero-order chi connectivity index (χ0) is 23.7. The van der Waals surface area contributed by atoms with Crippen molar-refractivity contribution in [2.75, 3.05) is 0 Å². The van der Waals surface area contributed by atoms with Crippen LogP contribution in [0.15, 0.2) is 46.7 Å². The molecule has 0 fully saturated rings. The van der Waals surface area contributed by atoms with Gasteiger partial charge < -0.3 is 4.84 Å². The van der Waals surface area contributed by atoms with Crippen LogP contribution in [-0.2, 0) is 9.63 Å². The number of carbonyl (C=O) groups is 2. The molecule has 0 N–H and O–H groups in total. The van der Waals surface area contributed by atoms with E-state index in [1.54, 1.807) is 0 Å². The lowest BCUT2D eigenvalue weighted by Gasteiger charge is -2.30. The summed E-state index contributed by atoms with van der Waals surface area (Å²) in [7, 11) is 0. The van der Waals surface area contributed by atoms with E-state index in [-0.39, 0.29) is 11.5 Å². The molecule has 10 heteroatoms. The van der Waals surface area contributed by atoms with E-state index in [2.05, 4.69) is 5.16 Å². The number of nitro groups is 2. The third-order valence-corrected chi connectivity index (χ3v) is 4.53. The number of ketones is 1. The van der Waals surface area contributed by atoms with Crippen LogP contribution in [0, 0.1) is 31.1 Å². The van der Waals surface area contributed by atoms with Crippen LogP contribution in [0.4, 0.5) is 11.4 Å². The Morgan fingerprint density at radius 2 is 1.45 bits per heavy atom. The summed E-state index contributed by atoms with van der Waals surface area (Å²) >= 11 is 0. The first-order valence-electron chi connectivity index (χ1n) is 9.34. The molecule has 1 aromatic rings. The molecule has 0 amide bonds. The molecule has 0 radical (unpaired) electrons. The predicted octanol–water partition coefficient (Wildman–Crippen LogP) is 4.54. The molecular weight excluding hydrogens is 406 g/mol. The first-order valence-corrected chi connectivity index (χ1v) is 9.34. The van der Waals surface area contributed by atoms with E-state index in [0.29, 0.717) is 17.2 Å². The van der Waals surface area contributed by atoms with Gasteiger partial charge >= 0.3 is 5.97 Å². The van der Waals surface area contributed by atoms with E-state index in [4.69, 9.17) is 4.84 Å². The highest BCUT2D eigenvalue weighted by molar-refractivity contribution is 6.22. The molecule has 10 nitrogen and oxygen atoms in total. The van der Waals surface area contributed by atoms with Crippen molar-refractivity contribution in [1.82, 2.24) is 0 Å². The lowest BCUT2D eigenvalue weighted by molar-refractivity contribution is -0.394. The zero-order valence-corrected chi connectivity index (χ0v) is 18.1. The molecule has 0 aliphatic heterocycles. The third-order valence-electron chi connectivity index (χ3n) is 4.53. The van der Waals surface area contributed by atoms with Crippen LogP contribution in [0.5, 0.6) is 0 Å². The second kappa shape index (κ2) is 8.21. The molecule has 1 aliphatic carbocycles. The average molecular weight is 429 g/mol. The largest absolute Gasteiger partial charge is 0.372 e. The van der Waals surface area contributed by atoms with E-state index >= 15 is 0 Å². The lowest BCUT2D eigenvalue weighted by atomic mass is 9.72. The molecule has 0 saturated heterocycles. The molecule has 0 atom stereocenters. The maximum Gasteiger partial charge on any atom is 0.372 e. The number of rotatable bonds is 4. The fourth-order valence-corrected chi connectivity index (χ4v) is 2.88. The van der Waals surface area contributed by atoms with Gasteiger partial charge in [-0.3, -0.25) is 25.0 Å². The highest BCUT2D eigenvalue weighted by Gasteiger charge is 2.34. The molecule has 1 aromatic carbocycles. The molecule has 0 heterocycles. The van der Waals surface area contributed by atoms with E-state index in [9.17, 15) is 29.8 Å². The quantitative estimate of drug-likeness (QED) is 0.296. The Balaban J connectivity index is 2.45. The molecule has 0 unspecified atom stereocenters. The van der Waals surface area contributed by atoms with Gasteiger partial charge in [0.2, 0.25) is 0 Å². The molecule has 0 aromatic heterocycles. The van der Waals surface area contributed by atoms with Gasteiger partial charge in [-0.2, -0.15) is 0 Å². The molecule has 0 spiro atoms. The number of carbonyl (C=O) groups excluding carboxylic acids is 2. The second-order valence-corrected chi connectivity index (χ2v) is 9.06. The zero-order valence-electron chi connectivity index (χ0n) is 18.1. The number of benzene rings is 1. The maximum absolute atomic E-state index is 12.9. The van der Waals surface area contributed by atoms with Gasteiger partial charge in [-0.1, -0.05) is 46.7 Å². The minimum Gasteiger partial charge on any atom is -0.312 e. The standard InChI is InChI=1S/C21H23N3O7/c1-20(2,3)15-9-12(10-16(18(15)25)21(4,5)6)22-31-19(26)14-8-7-13(23(27)28)11-17(14)24(29)30/h7-11H,1-6H3. The number of nitrogens with zero attached hydrogens (tertiary/aromatic N) is 3. The van der Waals surface area contributed by atoms with Gasteiger partial charge in [0, 0.05) is 17.2 Å². The van der Waals surface area contributed by atoms with Crippen LogP contribution in [0.2, 0.25) is 0 Å². The predicted molar refractivity (Wildman–Crippen MR) is 113 cm³/mol. The number of non-ortho nitro benzene ring substituents is 1. The summed E-state index contributed by atoms with van der Waals surface area (Å²) in [4.78, 5) is 50.6. The minimum atomic E-state index is -1.15. The Morgan fingerprint density at radius 1 is 0.935 bits per heavy atom. The van der Waals surface area contributed by atoms with Crippen molar-refractivity contribution < 1.29 is 24.3 Å². The summed E-state index contributed by atoms with van der Waals surface area (Å²) in [6.45, 7) is 11.2. The number of nitro benzene ring substituents is 2. The topological polar surface area (TPSA) is 142 Å². The molecular formula is C21H23N3O7. The number of Topliss-reactive ketones (excluding diaryl/α,β-unsaturated/α-hetero) is 1. The molecule has 164 valence electrons. The van der Waals surface area contributed by atoms with Gasteiger partial charge in [-0.05, 0) is 29.0 Å². The first-order chi connectivity index (χ1) is 14.1. The van der Waals surface area contributed by atoms with Crippen molar-refractivity contribution in [2.45, 2.75) is 41.5 Å². The Bertz CT molecular complexity index is 1030. The lowest BCUT2D eigenvalue weighted by Crippen LogP contribution is -2.29. The first kappa shape index (κ1) is 23.6. The van der Waals surface area contributed by atoms with Crippen molar-refractivity contribution in [1.29, 1.82) is 0 Å². The van der Waals surface area contributed by atoms with Crippen molar-refractivity contribution in [2.24, 2.45) is 16.0 Å².